The van der Waals surface area contributed by atoms with Gasteiger partial charge in [0, 0.05) is 11.0 Å². The number of carbonyl (C=O) groups excluding carboxylic acids is 1. The third-order valence-electron chi connectivity index (χ3n) is 3.95. The van der Waals surface area contributed by atoms with Gasteiger partial charge in [-0.25, -0.2) is 13.6 Å². The van der Waals surface area contributed by atoms with Gasteiger partial charge in [-0.1, -0.05) is 12.8 Å². The minimum Gasteiger partial charge on any atom is -0.329 e. The maximum absolute atomic E-state index is 12.4. The maximum atomic E-state index is 12.4. The molecule has 0 aliphatic heterocycles. The lowest BCUT2D eigenvalue weighted by molar-refractivity contribution is -0.124. The van der Waals surface area contributed by atoms with Gasteiger partial charge in [0.15, 0.2) is 0 Å². The third-order valence-corrected chi connectivity index (χ3v) is 5.52. The molecule has 0 aromatic heterocycles. The topological polar surface area (TPSA) is 115 Å². The van der Waals surface area contributed by atoms with Crippen LogP contribution in [0.3, 0.4) is 0 Å². The van der Waals surface area contributed by atoms with E-state index in [1.165, 1.54) is 18.2 Å². The SMILES string of the molecule is NCC1(C(=O)Nc2ccc(S(N)(=O)=O)cc2Br)CCCC1. The Morgan fingerprint density at radius 3 is 2.43 bits per heavy atom. The smallest absolute Gasteiger partial charge is 0.238 e. The van der Waals surface area contributed by atoms with Crippen molar-refractivity contribution >= 4 is 37.5 Å². The van der Waals surface area contributed by atoms with E-state index in [0.29, 0.717) is 16.7 Å². The average molecular weight is 376 g/mol. The summed E-state index contributed by atoms with van der Waals surface area (Å²) in [7, 11) is -3.77. The maximum Gasteiger partial charge on any atom is 0.238 e. The summed E-state index contributed by atoms with van der Waals surface area (Å²) in [4.78, 5) is 12.4. The zero-order valence-electron chi connectivity index (χ0n) is 11.4. The number of hydrogen-bond donors (Lipinski definition) is 3. The van der Waals surface area contributed by atoms with Gasteiger partial charge in [0.1, 0.15) is 0 Å². The van der Waals surface area contributed by atoms with Crippen LogP contribution in [0.25, 0.3) is 0 Å². The quantitative estimate of drug-likeness (QED) is 0.740. The van der Waals surface area contributed by atoms with E-state index < -0.39 is 15.4 Å². The van der Waals surface area contributed by atoms with Gasteiger partial charge in [-0.05, 0) is 47.0 Å². The van der Waals surface area contributed by atoms with E-state index in [2.05, 4.69) is 21.2 Å². The molecule has 1 aromatic carbocycles. The number of anilines is 1. The van der Waals surface area contributed by atoms with Gasteiger partial charge in [-0.15, -0.1) is 0 Å². The Morgan fingerprint density at radius 2 is 1.95 bits per heavy atom. The first kappa shape index (κ1) is 16.4. The second-order valence-electron chi connectivity index (χ2n) is 5.33. The van der Waals surface area contributed by atoms with Gasteiger partial charge in [0.05, 0.1) is 16.0 Å². The van der Waals surface area contributed by atoms with Crippen LogP contribution in [-0.2, 0) is 14.8 Å². The van der Waals surface area contributed by atoms with Crippen LogP contribution in [0.1, 0.15) is 25.7 Å². The minimum absolute atomic E-state index is 0.0122. The number of nitrogens with one attached hydrogen (secondary N) is 1. The average Bonchev–Trinajstić information content (AvgIpc) is 2.90. The molecule has 5 N–H and O–H groups in total. The Labute approximate surface area is 132 Å². The van der Waals surface area contributed by atoms with Crippen molar-refractivity contribution in [2.24, 2.45) is 16.3 Å². The van der Waals surface area contributed by atoms with E-state index in [1.807, 2.05) is 0 Å². The number of primary sulfonamides is 1. The van der Waals surface area contributed by atoms with Gasteiger partial charge in [0.25, 0.3) is 0 Å². The van der Waals surface area contributed by atoms with Crippen molar-refractivity contribution in [3.05, 3.63) is 22.7 Å². The summed E-state index contributed by atoms with van der Waals surface area (Å²) in [5, 5.41) is 7.89. The lowest BCUT2D eigenvalue weighted by atomic mass is 9.85. The highest BCUT2D eigenvalue weighted by Crippen LogP contribution is 2.38. The second kappa shape index (κ2) is 6.04. The fraction of sp³-hybridized carbons (Fsp3) is 0.462. The van der Waals surface area contributed by atoms with Crippen LogP contribution in [-0.4, -0.2) is 20.9 Å². The molecule has 6 nitrogen and oxygen atoms in total. The molecule has 116 valence electrons. The monoisotopic (exact) mass is 375 g/mol. The first-order chi connectivity index (χ1) is 9.78. The molecule has 0 spiro atoms. The Morgan fingerprint density at radius 1 is 1.33 bits per heavy atom. The lowest BCUT2D eigenvalue weighted by Gasteiger charge is -2.26. The van der Waals surface area contributed by atoms with Crippen molar-refractivity contribution in [2.45, 2.75) is 30.6 Å². The summed E-state index contributed by atoms with van der Waals surface area (Å²) in [5.74, 6) is -0.119. The normalized spacial score (nSPS) is 17.7. The summed E-state index contributed by atoms with van der Waals surface area (Å²) in [6.45, 7) is 0.311. The second-order valence-corrected chi connectivity index (χ2v) is 7.75. The Balaban J connectivity index is 2.22. The summed E-state index contributed by atoms with van der Waals surface area (Å²) in [6, 6.07) is 4.25. The van der Waals surface area contributed by atoms with Crippen LogP contribution in [0.5, 0.6) is 0 Å². The molecule has 21 heavy (non-hydrogen) atoms. The number of nitrogens with two attached hydrogens (primary N) is 2. The molecule has 1 aromatic rings. The third kappa shape index (κ3) is 3.45. The highest BCUT2D eigenvalue weighted by molar-refractivity contribution is 9.10. The molecule has 1 fully saturated rings. The molecule has 0 bridgehead atoms. The Hall–Kier alpha value is -0.960. The summed E-state index contributed by atoms with van der Waals surface area (Å²) < 4.78 is 23.0. The fourth-order valence-electron chi connectivity index (χ4n) is 2.60. The molecule has 8 heteroatoms. The van der Waals surface area contributed by atoms with Crippen LogP contribution in [0.15, 0.2) is 27.6 Å². The van der Waals surface area contributed by atoms with Crippen LogP contribution < -0.4 is 16.2 Å². The van der Waals surface area contributed by atoms with Crippen molar-refractivity contribution in [1.29, 1.82) is 0 Å². The predicted octanol–water partition coefficient (Wildman–Crippen LogP) is 1.55. The zero-order valence-corrected chi connectivity index (χ0v) is 13.8. The number of sulfonamides is 1. The van der Waals surface area contributed by atoms with Crippen LogP contribution in [0.2, 0.25) is 0 Å². The van der Waals surface area contributed by atoms with E-state index in [9.17, 15) is 13.2 Å². The van der Waals surface area contributed by atoms with Crippen molar-refractivity contribution in [3.8, 4) is 0 Å². The molecule has 0 heterocycles. The molecule has 1 saturated carbocycles. The first-order valence-electron chi connectivity index (χ1n) is 6.62. The van der Waals surface area contributed by atoms with E-state index in [4.69, 9.17) is 10.9 Å². The van der Waals surface area contributed by atoms with Crippen LogP contribution in [0.4, 0.5) is 5.69 Å². The zero-order chi connectivity index (χ0) is 15.7. The molecule has 1 aliphatic rings. The molecule has 0 saturated heterocycles. The van der Waals surface area contributed by atoms with Crippen LogP contribution >= 0.6 is 15.9 Å². The molecular weight excluding hydrogens is 358 g/mol. The fourth-order valence-corrected chi connectivity index (χ4v) is 3.77. The molecule has 0 atom stereocenters. The van der Waals surface area contributed by atoms with E-state index in [-0.39, 0.29) is 10.8 Å². The number of benzene rings is 1. The van der Waals surface area contributed by atoms with Crippen LogP contribution in [0, 0.1) is 5.41 Å². The van der Waals surface area contributed by atoms with Crippen molar-refractivity contribution in [2.75, 3.05) is 11.9 Å². The van der Waals surface area contributed by atoms with Gasteiger partial charge in [-0.2, -0.15) is 0 Å². The van der Waals surface area contributed by atoms with Gasteiger partial charge >= 0.3 is 0 Å². The first-order valence-corrected chi connectivity index (χ1v) is 8.96. The van der Waals surface area contributed by atoms with Crippen molar-refractivity contribution < 1.29 is 13.2 Å². The molecular formula is C13H18BrN3O3S. The molecule has 2 rings (SSSR count). The van der Waals surface area contributed by atoms with Gasteiger partial charge in [0.2, 0.25) is 15.9 Å². The molecule has 0 unspecified atom stereocenters. The lowest BCUT2D eigenvalue weighted by Crippen LogP contribution is -2.40. The minimum atomic E-state index is -3.77. The Kier molecular flexibility index (Phi) is 4.72. The Bertz CT molecular complexity index is 655. The number of halogens is 1. The summed E-state index contributed by atoms with van der Waals surface area (Å²) in [6.07, 6.45) is 3.55. The molecule has 0 radical (unpaired) electrons. The van der Waals surface area contributed by atoms with Gasteiger partial charge < -0.3 is 11.1 Å². The summed E-state index contributed by atoms with van der Waals surface area (Å²) >= 11 is 3.25. The molecule has 1 aliphatic carbocycles. The van der Waals surface area contributed by atoms with Gasteiger partial charge in [-0.3, -0.25) is 4.79 Å². The number of rotatable bonds is 4. The highest BCUT2D eigenvalue weighted by Gasteiger charge is 2.39. The predicted molar refractivity (Wildman–Crippen MR) is 84.1 cm³/mol. The number of hydrogen-bond acceptors (Lipinski definition) is 4. The van der Waals surface area contributed by atoms with E-state index in [0.717, 1.165) is 25.7 Å². The van der Waals surface area contributed by atoms with E-state index >= 15 is 0 Å². The van der Waals surface area contributed by atoms with Crippen molar-refractivity contribution in [1.82, 2.24) is 0 Å². The number of carbonyl (C=O) groups is 1. The van der Waals surface area contributed by atoms with Crippen molar-refractivity contribution in [3.63, 3.8) is 0 Å². The standard InChI is InChI=1S/C13H18BrN3O3S/c14-10-7-9(21(16,19)20)3-4-11(10)17-12(18)13(8-15)5-1-2-6-13/h3-4,7H,1-2,5-6,8,15H2,(H,17,18)(H2,16,19,20). The highest BCUT2D eigenvalue weighted by atomic mass is 79.9. The van der Waals surface area contributed by atoms with E-state index in [1.54, 1.807) is 0 Å². The number of amides is 1. The summed E-state index contributed by atoms with van der Waals surface area (Å²) in [5.41, 5.74) is 5.77. The molecule has 1 amide bonds. The largest absolute Gasteiger partial charge is 0.329 e.